The van der Waals surface area contributed by atoms with Crippen molar-refractivity contribution >= 4 is 22.6 Å². The summed E-state index contributed by atoms with van der Waals surface area (Å²) in [6.07, 6.45) is 4.78. The summed E-state index contributed by atoms with van der Waals surface area (Å²) < 4.78 is 30.0. The number of nitrogens with zero attached hydrogens (tertiary/aromatic N) is 3. The Morgan fingerprint density at radius 1 is 1.04 bits per heavy atom. The number of H-pyrrole nitrogens is 1. The van der Waals surface area contributed by atoms with Crippen LogP contribution in [0.3, 0.4) is 0 Å². The molecule has 266 valence electrons. The van der Waals surface area contributed by atoms with E-state index in [1.54, 1.807) is 6.92 Å². The number of rotatable bonds is 8. The molecule has 2 aliphatic heterocycles. The molecule has 0 bridgehead atoms. The number of aliphatic hydroxyl groups is 2. The van der Waals surface area contributed by atoms with Crippen molar-refractivity contribution in [1.82, 2.24) is 25.2 Å². The van der Waals surface area contributed by atoms with E-state index in [2.05, 4.69) is 54.8 Å². The molecule has 5 N–H and O–H groups in total. The van der Waals surface area contributed by atoms with E-state index in [0.717, 1.165) is 69.3 Å². The molecule has 2 aromatic heterocycles. The molecule has 3 aromatic carbocycles. The van der Waals surface area contributed by atoms with Crippen molar-refractivity contribution in [1.29, 1.82) is 0 Å². The van der Waals surface area contributed by atoms with Gasteiger partial charge in [-0.15, -0.1) is 0 Å². The summed E-state index contributed by atoms with van der Waals surface area (Å²) in [5.41, 5.74) is 4.42. The number of carbonyl (C=O) groups is 1. The molecule has 11 heteroatoms. The Bertz CT molecular complexity index is 2070. The van der Waals surface area contributed by atoms with E-state index in [4.69, 9.17) is 0 Å². The standard InChI is InChI=1S/C40H44F2N6O3/c1-24-31(17-29(41)18-34(24)47-38(50)30-9-8-27(16-33(30)42)39(2,3)51)36-32-19-35(46-37(32)45-23-44-36)26-6-4-25(5-7-26)21-48-14-11-40(12-15-48)10-13-43-20-28(40)22-49/h4-9,16-19,23,28,43,49,51H,10-15,20-22H2,1-3H3,(H,47,50)(H,44,45,46)/t28-/m1/s1. The zero-order valence-corrected chi connectivity index (χ0v) is 29.2. The second-order valence-corrected chi connectivity index (χ2v) is 14.7. The highest BCUT2D eigenvalue weighted by atomic mass is 19.1. The number of piperidine rings is 2. The van der Waals surface area contributed by atoms with E-state index in [1.807, 2.05) is 6.07 Å². The van der Waals surface area contributed by atoms with Gasteiger partial charge >= 0.3 is 0 Å². The molecule has 0 saturated carbocycles. The SMILES string of the molecule is Cc1c(NC(=O)c2ccc(C(C)(C)O)cc2F)cc(F)cc1-c1ncnc2[nH]c(-c3ccc(CN4CCC5(CCNC[C@@H]5CO)CC4)cc3)cc12. The van der Waals surface area contributed by atoms with Gasteiger partial charge in [0.1, 0.15) is 23.6 Å². The van der Waals surface area contributed by atoms with Crippen LogP contribution in [0.25, 0.3) is 33.5 Å². The molecular formula is C40H44F2N6O3. The predicted octanol–water partition coefficient (Wildman–Crippen LogP) is 6.54. The van der Waals surface area contributed by atoms with E-state index in [-0.39, 0.29) is 23.3 Å². The number of likely N-dealkylation sites (tertiary alicyclic amines) is 1. The first-order chi connectivity index (χ1) is 24.4. The number of benzene rings is 3. The highest BCUT2D eigenvalue weighted by Crippen LogP contribution is 2.43. The van der Waals surface area contributed by atoms with Crippen LogP contribution in [0, 0.1) is 29.9 Å². The quantitative estimate of drug-likeness (QED) is 0.125. The zero-order valence-electron chi connectivity index (χ0n) is 29.2. The molecule has 1 atom stereocenters. The predicted molar refractivity (Wildman–Crippen MR) is 194 cm³/mol. The van der Waals surface area contributed by atoms with E-state index < -0.39 is 23.1 Å². The number of fused-ring (bicyclic) bond motifs is 1. The summed E-state index contributed by atoms with van der Waals surface area (Å²) in [7, 11) is 0. The first-order valence-electron chi connectivity index (χ1n) is 17.6. The molecule has 1 spiro atoms. The Kier molecular flexibility index (Phi) is 9.49. The molecule has 2 saturated heterocycles. The molecule has 1 amide bonds. The lowest BCUT2D eigenvalue weighted by atomic mass is 9.65. The van der Waals surface area contributed by atoms with Gasteiger partial charge in [0.05, 0.1) is 16.9 Å². The van der Waals surface area contributed by atoms with E-state index >= 15 is 4.39 Å². The molecule has 51 heavy (non-hydrogen) atoms. The summed E-state index contributed by atoms with van der Waals surface area (Å²) in [5, 5.41) is 27.0. The van der Waals surface area contributed by atoms with Crippen molar-refractivity contribution in [3.8, 4) is 22.5 Å². The van der Waals surface area contributed by atoms with Gasteiger partial charge in [-0.2, -0.15) is 0 Å². The number of aromatic amines is 1. The number of nitrogens with one attached hydrogen (secondary N) is 3. The van der Waals surface area contributed by atoms with Crippen LogP contribution in [0.2, 0.25) is 0 Å². The van der Waals surface area contributed by atoms with Gasteiger partial charge in [-0.05, 0) is 118 Å². The molecule has 9 nitrogen and oxygen atoms in total. The number of hydrogen-bond acceptors (Lipinski definition) is 7. The van der Waals surface area contributed by atoms with Crippen molar-refractivity contribution in [3.63, 3.8) is 0 Å². The van der Waals surface area contributed by atoms with E-state index in [0.29, 0.717) is 39.3 Å². The van der Waals surface area contributed by atoms with Crippen molar-refractivity contribution < 1.29 is 23.8 Å². The van der Waals surface area contributed by atoms with Gasteiger partial charge in [-0.3, -0.25) is 9.69 Å². The Hall–Kier alpha value is -4.55. The molecule has 2 fully saturated rings. The molecular weight excluding hydrogens is 650 g/mol. The summed E-state index contributed by atoms with van der Waals surface area (Å²) in [6.45, 7) is 9.92. The minimum Gasteiger partial charge on any atom is -0.396 e. The Morgan fingerprint density at radius 3 is 2.51 bits per heavy atom. The van der Waals surface area contributed by atoms with Gasteiger partial charge in [0.2, 0.25) is 0 Å². The van der Waals surface area contributed by atoms with E-state index in [9.17, 15) is 19.4 Å². The summed E-state index contributed by atoms with van der Waals surface area (Å²) in [4.78, 5) is 28.0. The van der Waals surface area contributed by atoms with Gasteiger partial charge in [-0.1, -0.05) is 30.3 Å². The number of aromatic nitrogens is 3. The smallest absolute Gasteiger partial charge is 0.258 e. The maximum absolute atomic E-state index is 15.1. The number of aliphatic hydroxyl groups excluding tert-OH is 1. The summed E-state index contributed by atoms with van der Waals surface area (Å²) >= 11 is 0. The van der Waals surface area contributed by atoms with Crippen molar-refractivity contribution in [3.05, 3.63) is 101 Å². The normalized spacial score (nSPS) is 18.0. The van der Waals surface area contributed by atoms with Gasteiger partial charge in [0.25, 0.3) is 5.91 Å². The molecule has 5 aromatic rings. The average Bonchev–Trinajstić information content (AvgIpc) is 3.56. The van der Waals surface area contributed by atoms with Crippen LogP contribution in [-0.4, -0.2) is 68.8 Å². The molecule has 0 aliphatic carbocycles. The minimum atomic E-state index is -1.27. The summed E-state index contributed by atoms with van der Waals surface area (Å²) in [6, 6.07) is 16.9. The number of hydrogen-bond donors (Lipinski definition) is 5. The monoisotopic (exact) mass is 694 g/mol. The number of halogens is 2. The third-order valence-corrected chi connectivity index (χ3v) is 11.0. The lowest BCUT2D eigenvalue weighted by molar-refractivity contribution is -0.00583. The zero-order chi connectivity index (χ0) is 35.9. The first-order valence-corrected chi connectivity index (χ1v) is 17.6. The van der Waals surface area contributed by atoms with E-state index in [1.165, 1.54) is 50.0 Å². The lowest BCUT2D eigenvalue weighted by Crippen LogP contribution is -2.52. The largest absolute Gasteiger partial charge is 0.396 e. The highest BCUT2D eigenvalue weighted by Gasteiger charge is 2.42. The number of carbonyl (C=O) groups excluding carboxylic acids is 1. The van der Waals surface area contributed by atoms with Gasteiger partial charge in [0.15, 0.2) is 0 Å². The average molecular weight is 695 g/mol. The Morgan fingerprint density at radius 2 is 1.80 bits per heavy atom. The van der Waals surface area contributed by atoms with Crippen molar-refractivity contribution in [2.75, 3.05) is 38.1 Å². The number of anilines is 1. The topological polar surface area (TPSA) is 126 Å². The Labute approximate surface area is 296 Å². The van der Waals surface area contributed by atoms with Crippen molar-refractivity contribution in [2.45, 2.75) is 52.2 Å². The second kappa shape index (κ2) is 13.9. The van der Waals surface area contributed by atoms with Crippen LogP contribution in [0.15, 0.2) is 67.0 Å². The van der Waals surface area contributed by atoms with Crippen LogP contribution in [0.5, 0.6) is 0 Å². The van der Waals surface area contributed by atoms with Crippen LogP contribution >= 0.6 is 0 Å². The minimum absolute atomic E-state index is 0.187. The van der Waals surface area contributed by atoms with Crippen LogP contribution in [0.4, 0.5) is 14.5 Å². The van der Waals surface area contributed by atoms with Crippen LogP contribution in [-0.2, 0) is 12.1 Å². The molecule has 0 radical (unpaired) electrons. The van der Waals surface area contributed by atoms with Gasteiger partial charge in [-0.25, -0.2) is 18.7 Å². The van der Waals surface area contributed by atoms with Gasteiger partial charge in [0, 0.05) is 47.9 Å². The maximum Gasteiger partial charge on any atom is 0.258 e. The molecule has 2 aliphatic rings. The van der Waals surface area contributed by atoms with Crippen molar-refractivity contribution in [2.24, 2.45) is 11.3 Å². The Balaban J connectivity index is 1.08. The fourth-order valence-electron chi connectivity index (χ4n) is 7.79. The third-order valence-electron chi connectivity index (χ3n) is 11.0. The fraction of sp³-hybridized carbons (Fsp3) is 0.375. The lowest BCUT2D eigenvalue weighted by Gasteiger charge is -2.49. The first kappa shape index (κ1) is 34.9. The molecule has 7 rings (SSSR count). The third kappa shape index (κ3) is 7.03. The molecule has 4 heterocycles. The van der Waals surface area contributed by atoms with Crippen LogP contribution < -0.4 is 10.6 Å². The van der Waals surface area contributed by atoms with Gasteiger partial charge < -0.3 is 25.8 Å². The highest BCUT2D eigenvalue weighted by molar-refractivity contribution is 6.06. The molecule has 0 unspecified atom stereocenters. The fourth-order valence-corrected chi connectivity index (χ4v) is 7.79. The second-order valence-electron chi connectivity index (χ2n) is 14.7. The number of amides is 1. The summed E-state index contributed by atoms with van der Waals surface area (Å²) in [5.74, 6) is -1.78. The van der Waals surface area contributed by atoms with Crippen LogP contribution in [0.1, 0.15) is 60.2 Å². The maximum atomic E-state index is 15.1.